The van der Waals surface area contributed by atoms with E-state index < -0.39 is 134 Å². The van der Waals surface area contributed by atoms with Crippen molar-refractivity contribution >= 4 is 41.7 Å². The van der Waals surface area contributed by atoms with Crippen LogP contribution < -0.4 is 0 Å². The van der Waals surface area contributed by atoms with Gasteiger partial charge in [0.05, 0.1) is 20.1 Å². The summed E-state index contributed by atoms with van der Waals surface area (Å²) in [5.74, 6) is -10.5. The number of hydrogen-bond acceptors (Lipinski definition) is 19. The minimum atomic E-state index is -2.61. The first kappa shape index (κ1) is 42.6. The fraction of sp³-hybridized carbons (Fsp3) is 0.781. The van der Waals surface area contributed by atoms with E-state index in [2.05, 4.69) is 0 Å². The molecule has 0 aromatic rings. The molecule has 11 atom stereocenters. The lowest BCUT2D eigenvalue weighted by Crippen LogP contribution is -2.70. The molecule has 3 aliphatic rings. The smallest absolute Gasteiger partial charge is 0.366 e. The molecule has 3 aliphatic heterocycles. The van der Waals surface area contributed by atoms with Gasteiger partial charge in [-0.05, 0) is 13.8 Å². The molecule has 3 saturated heterocycles. The predicted octanol–water partition coefficient (Wildman–Crippen LogP) is -0.965. The maximum absolute atomic E-state index is 13.8. The van der Waals surface area contributed by atoms with Crippen molar-refractivity contribution in [3.63, 3.8) is 0 Å². The van der Waals surface area contributed by atoms with Crippen LogP contribution in [0.4, 0.5) is 0 Å². The molecule has 3 heterocycles. The number of carbonyl (C=O) groups excluding carboxylic acids is 7. The molecule has 0 spiro atoms. The van der Waals surface area contributed by atoms with Crippen LogP contribution in [-0.2, 0) is 85.7 Å². The molecular weight excluding hydrogens is 702 g/mol. The van der Waals surface area contributed by atoms with E-state index >= 15 is 0 Å². The molecule has 0 aliphatic carbocycles. The molecule has 0 radical (unpaired) electrons. The fourth-order valence-corrected chi connectivity index (χ4v) is 6.47. The maximum Gasteiger partial charge on any atom is 0.366 e. The quantitative estimate of drug-likeness (QED) is 0.176. The van der Waals surface area contributed by atoms with Gasteiger partial charge >= 0.3 is 29.8 Å². The molecular formula is C32H47NO19. The highest BCUT2D eigenvalue weighted by molar-refractivity contribution is 5.93. The van der Waals surface area contributed by atoms with Gasteiger partial charge in [0.2, 0.25) is 11.8 Å². The van der Waals surface area contributed by atoms with Gasteiger partial charge in [-0.1, -0.05) is 0 Å². The van der Waals surface area contributed by atoms with E-state index in [0.29, 0.717) is 4.90 Å². The molecule has 294 valence electrons. The number of hydrogen-bond donors (Lipinski definition) is 1. The van der Waals surface area contributed by atoms with Crippen molar-refractivity contribution in [2.75, 3.05) is 27.4 Å². The van der Waals surface area contributed by atoms with Gasteiger partial charge in [-0.3, -0.25) is 33.7 Å². The van der Waals surface area contributed by atoms with Crippen molar-refractivity contribution in [1.82, 2.24) is 4.90 Å². The minimum Gasteiger partial charge on any atom is -0.465 e. The van der Waals surface area contributed by atoms with E-state index in [0.717, 1.165) is 48.7 Å². The van der Waals surface area contributed by atoms with Gasteiger partial charge in [-0.2, -0.15) is 0 Å². The number of rotatable bonds is 13. The van der Waals surface area contributed by atoms with Crippen LogP contribution in [0.25, 0.3) is 0 Å². The minimum absolute atomic E-state index is 0.575. The lowest BCUT2D eigenvalue weighted by Gasteiger charge is -2.51. The molecule has 0 aromatic heterocycles. The highest BCUT2D eigenvalue weighted by Crippen LogP contribution is 2.42. The van der Waals surface area contributed by atoms with Crippen molar-refractivity contribution in [2.45, 2.75) is 135 Å². The fourth-order valence-electron chi connectivity index (χ4n) is 6.47. The summed E-state index contributed by atoms with van der Waals surface area (Å²) in [6.07, 6.45) is -13.5. The largest absolute Gasteiger partial charge is 0.465 e. The lowest BCUT2D eigenvalue weighted by molar-refractivity contribution is -0.336. The SMILES string of the molecule is COC(=O)[C@@]1(OC[C@H]2O[C@H](OC)[C@H](O)[C@H]3OC(C)(C)O[C@H]32)C[C@H](OC(C)=O)[C@@H](N(C(C)=O)C(C)=O)[C@H]([C@H](OC(C)=O)[C@@H](COC(C)=O)OC(C)=O)O1. The molecule has 20 heteroatoms. The molecule has 2 amide bonds. The third-order valence-electron chi connectivity index (χ3n) is 8.23. The number of carbonyl (C=O) groups is 7. The zero-order chi connectivity index (χ0) is 39.3. The number of nitrogens with zero attached hydrogens (tertiary/aromatic N) is 1. The Bertz CT molecular complexity index is 1350. The van der Waals surface area contributed by atoms with Gasteiger partial charge in [-0.25, -0.2) is 4.79 Å². The lowest BCUT2D eigenvalue weighted by atomic mass is 9.86. The Hall–Kier alpha value is -3.79. The van der Waals surface area contributed by atoms with Crippen molar-refractivity contribution < 1.29 is 90.8 Å². The third-order valence-corrected chi connectivity index (χ3v) is 8.23. The van der Waals surface area contributed by atoms with Crippen LogP contribution in [0.5, 0.6) is 0 Å². The van der Waals surface area contributed by atoms with Crippen LogP contribution in [0.2, 0.25) is 0 Å². The average Bonchev–Trinajstić information content (AvgIpc) is 3.36. The Labute approximate surface area is 299 Å². The Morgan fingerprint density at radius 2 is 1.42 bits per heavy atom. The highest BCUT2D eigenvalue weighted by atomic mass is 16.8. The summed E-state index contributed by atoms with van der Waals surface area (Å²) in [5.41, 5.74) is 0. The van der Waals surface area contributed by atoms with Crippen LogP contribution >= 0.6 is 0 Å². The molecule has 52 heavy (non-hydrogen) atoms. The van der Waals surface area contributed by atoms with E-state index in [1.807, 2.05) is 0 Å². The van der Waals surface area contributed by atoms with Crippen LogP contribution in [0, 0.1) is 0 Å². The number of aliphatic hydroxyl groups is 1. The van der Waals surface area contributed by atoms with Crippen molar-refractivity contribution in [1.29, 1.82) is 0 Å². The van der Waals surface area contributed by atoms with Crippen LogP contribution in [0.1, 0.15) is 61.8 Å². The highest BCUT2D eigenvalue weighted by Gasteiger charge is 2.62. The molecule has 3 fully saturated rings. The number of ether oxygens (including phenoxy) is 11. The predicted molar refractivity (Wildman–Crippen MR) is 166 cm³/mol. The second-order valence-electron chi connectivity index (χ2n) is 12.7. The van der Waals surface area contributed by atoms with Crippen molar-refractivity contribution in [3.05, 3.63) is 0 Å². The topological polar surface area (TPSA) is 244 Å². The number of fused-ring (bicyclic) bond motifs is 1. The number of aliphatic hydroxyl groups excluding tert-OH is 1. The zero-order valence-corrected chi connectivity index (χ0v) is 30.6. The summed E-state index contributed by atoms with van der Waals surface area (Å²) in [6, 6.07) is -1.68. The van der Waals surface area contributed by atoms with Crippen molar-refractivity contribution in [2.24, 2.45) is 0 Å². The summed E-state index contributed by atoms with van der Waals surface area (Å²) in [6.45, 7) is 7.99. The van der Waals surface area contributed by atoms with Gasteiger partial charge in [0.15, 0.2) is 24.3 Å². The monoisotopic (exact) mass is 749 g/mol. The van der Waals surface area contributed by atoms with Gasteiger partial charge in [0, 0.05) is 48.7 Å². The molecule has 0 unspecified atom stereocenters. The first-order chi connectivity index (χ1) is 24.2. The normalized spacial score (nSPS) is 31.9. The Morgan fingerprint density at radius 1 is 0.827 bits per heavy atom. The summed E-state index contributed by atoms with van der Waals surface area (Å²) in [5, 5.41) is 10.8. The van der Waals surface area contributed by atoms with E-state index in [4.69, 9.17) is 52.1 Å². The van der Waals surface area contributed by atoms with E-state index in [1.165, 1.54) is 7.11 Å². The van der Waals surface area contributed by atoms with Crippen molar-refractivity contribution in [3.8, 4) is 0 Å². The van der Waals surface area contributed by atoms with Crippen LogP contribution in [-0.4, -0.2) is 152 Å². The second kappa shape index (κ2) is 17.4. The summed E-state index contributed by atoms with van der Waals surface area (Å²) in [7, 11) is 2.27. The second-order valence-corrected chi connectivity index (χ2v) is 12.7. The number of imide groups is 1. The van der Waals surface area contributed by atoms with Gasteiger partial charge in [-0.15, -0.1) is 0 Å². The Morgan fingerprint density at radius 3 is 1.92 bits per heavy atom. The summed E-state index contributed by atoms with van der Waals surface area (Å²) >= 11 is 0. The Balaban J connectivity index is 2.24. The number of methoxy groups -OCH3 is 2. The molecule has 0 bridgehead atoms. The average molecular weight is 750 g/mol. The molecule has 0 aromatic carbocycles. The zero-order valence-electron chi connectivity index (χ0n) is 30.6. The van der Waals surface area contributed by atoms with Gasteiger partial charge in [0.1, 0.15) is 49.3 Å². The third kappa shape index (κ3) is 10.00. The molecule has 1 N–H and O–H groups in total. The molecule has 3 rings (SSSR count). The first-order valence-corrected chi connectivity index (χ1v) is 16.2. The van der Waals surface area contributed by atoms with Gasteiger partial charge < -0.3 is 57.2 Å². The van der Waals surface area contributed by atoms with E-state index in [1.54, 1.807) is 13.8 Å². The summed E-state index contributed by atoms with van der Waals surface area (Å²) < 4.78 is 62.3. The van der Waals surface area contributed by atoms with E-state index in [-0.39, 0.29) is 0 Å². The number of amides is 2. The maximum atomic E-state index is 13.8. The van der Waals surface area contributed by atoms with Crippen LogP contribution in [0.15, 0.2) is 0 Å². The van der Waals surface area contributed by atoms with Crippen LogP contribution in [0.3, 0.4) is 0 Å². The molecule has 20 nitrogen and oxygen atoms in total. The summed E-state index contributed by atoms with van der Waals surface area (Å²) in [4.78, 5) is 89.8. The first-order valence-electron chi connectivity index (χ1n) is 16.2. The van der Waals surface area contributed by atoms with Gasteiger partial charge in [0.25, 0.3) is 5.79 Å². The Kier molecular flexibility index (Phi) is 14.2. The van der Waals surface area contributed by atoms with E-state index in [9.17, 15) is 38.7 Å². The molecule has 0 saturated carbocycles. The standard InChI is InChI=1S/C32H47NO19/c1-14(34)33(15(2)35)23-20(46-17(4)37)11-32(30(41)43-10,45-13-22-26-28(51-31(7,8)50-26)24(40)29(42-9)49-22)52-27(23)25(48-19(6)39)21(47-18(5)38)12-44-16(3)36/h20-29,40H,11-13H2,1-10H3/t20-,21+,22+,23+,24+,25+,26-,27+,28+,29-,32+/m0/s1. The number of esters is 5.